The number of benzene rings is 1. The van der Waals surface area contributed by atoms with Gasteiger partial charge in [-0.25, -0.2) is 19.4 Å². The molecule has 2 saturated heterocycles. The minimum atomic E-state index is -0.178. The molecule has 2 aromatic heterocycles. The molecule has 39 heavy (non-hydrogen) atoms. The van der Waals surface area contributed by atoms with Crippen molar-refractivity contribution in [3.8, 4) is 11.4 Å². The van der Waals surface area contributed by atoms with Gasteiger partial charge in [-0.05, 0) is 49.9 Å². The van der Waals surface area contributed by atoms with Crippen LogP contribution in [0.3, 0.4) is 0 Å². The molecule has 0 unspecified atom stereocenters. The second-order valence-electron chi connectivity index (χ2n) is 11.0. The Kier molecular flexibility index (Phi) is 7.07. The highest BCUT2D eigenvalue weighted by Crippen LogP contribution is 2.32. The molecule has 206 valence electrons. The zero-order valence-corrected chi connectivity index (χ0v) is 22.6. The Morgan fingerprint density at radius 1 is 0.974 bits per heavy atom. The minimum absolute atomic E-state index is 0.00707. The molecule has 3 aromatic rings. The van der Waals surface area contributed by atoms with Crippen LogP contribution in [0.2, 0.25) is 0 Å². The van der Waals surface area contributed by atoms with Gasteiger partial charge in [-0.1, -0.05) is 13.8 Å². The van der Waals surface area contributed by atoms with Crippen LogP contribution in [0, 0.1) is 5.92 Å². The fourth-order valence-corrected chi connectivity index (χ4v) is 5.30. The highest BCUT2D eigenvalue weighted by molar-refractivity contribution is 5.91. The molecule has 4 heterocycles. The Labute approximate surface area is 227 Å². The lowest BCUT2D eigenvalue weighted by molar-refractivity contribution is -0.135. The van der Waals surface area contributed by atoms with Crippen molar-refractivity contribution in [3.05, 3.63) is 30.5 Å². The van der Waals surface area contributed by atoms with E-state index in [2.05, 4.69) is 15.5 Å². The Bertz CT molecular complexity index is 1340. The quantitative estimate of drug-likeness (QED) is 0.499. The number of morpholine rings is 1. The third-order valence-electron chi connectivity index (χ3n) is 7.67. The predicted molar refractivity (Wildman–Crippen MR) is 149 cm³/mol. The maximum atomic E-state index is 12.5. The van der Waals surface area contributed by atoms with Crippen LogP contribution in [0.1, 0.15) is 45.6 Å². The van der Waals surface area contributed by atoms with Crippen LogP contribution in [0.15, 0.2) is 30.5 Å². The molecule has 2 N–H and O–H groups in total. The Morgan fingerprint density at radius 2 is 1.69 bits per heavy atom. The zero-order chi connectivity index (χ0) is 26.9. The number of carbonyl (C=O) groups excluding carboxylic acids is 2. The van der Waals surface area contributed by atoms with Crippen LogP contribution < -0.4 is 15.5 Å². The van der Waals surface area contributed by atoms with Crippen LogP contribution in [0.4, 0.5) is 16.3 Å². The number of hydrogen-bond acceptors (Lipinski definition) is 7. The number of amides is 3. The van der Waals surface area contributed by atoms with Gasteiger partial charge in [-0.15, -0.1) is 0 Å². The van der Waals surface area contributed by atoms with E-state index in [1.807, 2.05) is 53.9 Å². The molecule has 1 aliphatic carbocycles. The SMILES string of the molecule is CC(C)C(=O)N1CCC(n2ncc3c(N4CCOCC4)nc(-c4ccc(NC(=O)NC5CC5)cc4)nc32)CC1. The largest absolute Gasteiger partial charge is 0.378 e. The number of hydrogen-bond donors (Lipinski definition) is 2. The number of piperidine rings is 1. The molecular weight excluding hydrogens is 496 g/mol. The topological polar surface area (TPSA) is 118 Å². The lowest BCUT2D eigenvalue weighted by Gasteiger charge is -2.33. The predicted octanol–water partition coefficient (Wildman–Crippen LogP) is 3.43. The van der Waals surface area contributed by atoms with E-state index in [-0.39, 0.29) is 23.9 Å². The van der Waals surface area contributed by atoms with Crippen molar-refractivity contribution in [3.63, 3.8) is 0 Å². The summed E-state index contributed by atoms with van der Waals surface area (Å²) in [5.74, 6) is 1.70. The van der Waals surface area contributed by atoms with Crippen LogP contribution in [-0.2, 0) is 9.53 Å². The molecule has 11 heteroatoms. The fraction of sp³-hybridized carbons (Fsp3) is 0.536. The maximum absolute atomic E-state index is 12.5. The van der Waals surface area contributed by atoms with E-state index in [4.69, 9.17) is 19.8 Å². The second-order valence-corrected chi connectivity index (χ2v) is 11.0. The molecule has 0 spiro atoms. The molecule has 3 amide bonds. The average Bonchev–Trinajstić information content (AvgIpc) is 3.67. The molecule has 3 fully saturated rings. The highest BCUT2D eigenvalue weighted by Gasteiger charge is 2.28. The number of carbonyl (C=O) groups is 2. The number of likely N-dealkylation sites (tertiary alicyclic amines) is 1. The monoisotopic (exact) mass is 532 g/mol. The summed E-state index contributed by atoms with van der Waals surface area (Å²) in [5, 5.41) is 11.6. The van der Waals surface area contributed by atoms with Gasteiger partial charge in [0.25, 0.3) is 0 Å². The van der Waals surface area contributed by atoms with Gasteiger partial charge in [0.15, 0.2) is 11.5 Å². The van der Waals surface area contributed by atoms with Gasteiger partial charge in [0.05, 0.1) is 30.8 Å². The summed E-state index contributed by atoms with van der Waals surface area (Å²) in [7, 11) is 0. The van der Waals surface area contributed by atoms with Gasteiger partial charge in [0.2, 0.25) is 5.91 Å². The molecule has 0 radical (unpaired) electrons. The van der Waals surface area contributed by atoms with E-state index >= 15 is 0 Å². The van der Waals surface area contributed by atoms with Gasteiger partial charge in [-0.3, -0.25) is 4.79 Å². The van der Waals surface area contributed by atoms with E-state index in [1.54, 1.807) is 0 Å². The van der Waals surface area contributed by atoms with E-state index in [0.717, 1.165) is 80.0 Å². The van der Waals surface area contributed by atoms with E-state index in [1.165, 1.54) is 0 Å². The average molecular weight is 533 g/mol. The molecule has 1 aromatic carbocycles. The Balaban J connectivity index is 1.29. The summed E-state index contributed by atoms with van der Waals surface area (Å²) in [6.07, 6.45) is 5.64. The number of urea groups is 1. The Morgan fingerprint density at radius 3 is 2.36 bits per heavy atom. The first kappa shape index (κ1) is 25.5. The highest BCUT2D eigenvalue weighted by atomic mass is 16.5. The van der Waals surface area contributed by atoms with E-state index in [9.17, 15) is 9.59 Å². The number of anilines is 2. The molecule has 1 saturated carbocycles. The van der Waals surface area contributed by atoms with Crippen molar-refractivity contribution in [2.75, 3.05) is 49.6 Å². The van der Waals surface area contributed by atoms with Crippen molar-refractivity contribution in [1.29, 1.82) is 0 Å². The van der Waals surface area contributed by atoms with Crippen molar-refractivity contribution >= 4 is 34.5 Å². The van der Waals surface area contributed by atoms with Crippen molar-refractivity contribution in [2.24, 2.45) is 5.92 Å². The second kappa shape index (κ2) is 10.8. The summed E-state index contributed by atoms with van der Waals surface area (Å²) in [6, 6.07) is 7.92. The summed E-state index contributed by atoms with van der Waals surface area (Å²) in [6.45, 7) is 8.16. The number of fused-ring (bicyclic) bond motifs is 1. The van der Waals surface area contributed by atoms with E-state index in [0.29, 0.717) is 25.1 Å². The van der Waals surface area contributed by atoms with Gasteiger partial charge < -0.3 is 25.2 Å². The molecule has 11 nitrogen and oxygen atoms in total. The van der Waals surface area contributed by atoms with Crippen molar-refractivity contribution in [1.82, 2.24) is 30.0 Å². The summed E-state index contributed by atoms with van der Waals surface area (Å²) < 4.78 is 7.62. The smallest absolute Gasteiger partial charge is 0.319 e. The van der Waals surface area contributed by atoms with Crippen molar-refractivity contribution < 1.29 is 14.3 Å². The van der Waals surface area contributed by atoms with Crippen LogP contribution in [0.25, 0.3) is 22.4 Å². The van der Waals surface area contributed by atoms with Crippen LogP contribution in [0.5, 0.6) is 0 Å². The van der Waals surface area contributed by atoms with Gasteiger partial charge in [0, 0.05) is 49.4 Å². The van der Waals surface area contributed by atoms with Crippen molar-refractivity contribution in [2.45, 2.75) is 51.6 Å². The fourth-order valence-electron chi connectivity index (χ4n) is 5.30. The number of rotatable bonds is 6. The van der Waals surface area contributed by atoms with Gasteiger partial charge in [-0.2, -0.15) is 5.10 Å². The van der Waals surface area contributed by atoms with Crippen LogP contribution >= 0.6 is 0 Å². The molecule has 3 aliphatic rings. The van der Waals surface area contributed by atoms with E-state index < -0.39 is 0 Å². The molecule has 2 aliphatic heterocycles. The lowest BCUT2D eigenvalue weighted by Crippen LogP contribution is -2.41. The van der Waals surface area contributed by atoms with Crippen LogP contribution in [-0.4, -0.2) is 82.0 Å². The number of nitrogens with zero attached hydrogens (tertiary/aromatic N) is 6. The summed E-state index contributed by atoms with van der Waals surface area (Å²) in [5.41, 5.74) is 2.39. The van der Waals surface area contributed by atoms with Gasteiger partial charge >= 0.3 is 6.03 Å². The number of aromatic nitrogens is 4. The Hall–Kier alpha value is -3.73. The zero-order valence-electron chi connectivity index (χ0n) is 22.6. The first-order valence-corrected chi connectivity index (χ1v) is 14.0. The molecule has 0 atom stereocenters. The first-order valence-electron chi connectivity index (χ1n) is 14.0. The lowest BCUT2D eigenvalue weighted by atomic mass is 10.0. The number of nitrogens with one attached hydrogen (secondary N) is 2. The third-order valence-corrected chi connectivity index (χ3v) is 7.67. The summed E-state index contributed by atoms with van der Waals surface area (Å²) in [4.78, 5) is 38.9. The first-order chi connectivity index (χ1) is 19.0. The number of ether oxygens (including phenoxy) is 1. The minimum Gasteiger partial charge on any atom is -0.378 e. The van der Waals surface area contributed by atoms with Gasteiger partial charge in [0.1, 0.15) is 5.82 Å². The molecular formula is C28H36N8O3. The third kappa shape index (κ3) is 5.54. The molecule has 0 bridgehead atoms. The summed E-state index contributed by atoms with van der Waals surface area (Å²) >= 11 is 0. The maximum Gasteiger partial charge on any atom is 0.319 e. The normalized spacial score (nSPS) is 18.5. The standard InChI is InChI=1S/C28H36N8O3/c1-18(2)27(37)35-11-9-22(10-12-35)36-26-23(17-29-36)25(34-13-15-39-16-14-34)32-24(33-26)19-3-5-20(6-4-19)30-28(38)31-21-7-8-21/h3-6,17-18,21-22H,7-16H2,1-2H3,(H2,30,31,38). The molecule has 6 rings (SSSR count).